The fraction of sp³-hybridized carbons (Fsp3) is 0.125. The second-order valence-electron chi connectivity index (χ2n) is 2.54. The first-order chi connectivity index (χ1) is 6.20. The minimum absolute atomic E-state index is 0.251. The zero-order valence-corrected chi connectivity index (χ0v) is 9.53. The summed E-state index contributed by atoms with van der Waals surface area (Å²) in [4.78, 5) is 1.04. The van der Waals surface area contributed by atoms with Crippen molar-refractivity contribution in [2.24, 2.45) is 0 Å². The van der Waals surface area contributed by atoms with Crippen LogP contribution in [0.1, 0.15) is 0 Å². The van der Waals surface area contributed by atoms with Crippen molar-refractivity contribution in [3.63, 3.8) is 0 Å². The summed E-state index contributed by atoms with van der Waals surface area (Å²) >= 11 is 11.0. The van der Waals surface area contributed by atoms with Gasteiger partial charge in [0.2, 0.25) is 0 Å². The average molecular weight is 276 g/mol. The molecular weight excluding hydrogens is 272 g/mol. The summed E-state index contributed by atoms with van der Waals surface area (Å²) in [6.07, 6.45) is 5.47. The van der Waals surface area contributed by atoms with E-state index in [1.54, 1.807) is 18.0 Å². The van der Waals surface area contributed by atoms with E-state index in [1.165, 1.54) is 4.42 Å². The Bertz CT molecular complexity index is 380. The van der Waals surface area contributed by atoms with E-state index in [0.717, 1.165) is 10.6 Å². The first-order valence-corrected chi connectivity index (χ1v) is 5.65. The van der Waals surface area contributed by atoms with Gasteiger partial charge in [0.15, 0.2) is 0 Å². The Morgan fingerprint density at radius 1 is 1.69 bits per heavy atom. The Labute approximate surface area is 93.8 Å². The van der Waals surface area contributed by atoms with Gasteiger partial charge in [0.25, 0.3) is 0 Å². The van der Waals surface area contributed by atoms with Gasteiger partial charge in [-0.15, -0.1) is 11.8 Å². The van der Waals surface area contributed by atoms with Crippen LogP contribution in [0, 0.1) is 11.3 Å². The number of alkyl halides is 1. The largest absolute Gasteiger partial charge is 0.259 e. The predicted molar refractivity (Wildman–Crippen MR) is 57.9 cm³/mol. The van der Waals surface area contributed by atoms with Crippen LogP contribution in [0.2, 0.25) is 0 Å². The van der Waals surface area contributed by atoms with Crippen molar-refractivity contribution in [2.75, 3.05) is 0 Å². The Morgan fingerprint density at radius 2 is 2.46 bits per heavy atom. The molecule has 1 unspecified atom stereocenters. The van der Waals surface area contributed by atoms with Gasteiger partial charge >= 0.3 is 0 Å². The summed E-state index contributed by atoms with van der Waals surface area (Å²) in [5, 5.41) is 8.71. The number of fused-ring (bicyclic) bond motifs is 1. The van der Waals surface area contributed by atoms with Crippen molar-refractivity contribution in [1.82, 2.24) is 4.42 Å². The van der Waals surface area contributed by atoms with Crippen LogP contribution in [-0.2, 0) is 0 Å². The van der Waals surface area contributed by atoms with Crippen LogP contribution in [0.5, 0.6) is 0 Å². The molecule has 0 saturated carbocycles. The van der Waals surface area contributed by atoms with E-state index in [9.17, 15) is 0 Å². The first kappa shape index (κ1) is 9.20. The van der Waals surface area contributed by atoms with Crippen LogP contribution in [0.3, 0.4) is 0 Å². The van der Waals surface area contributed by atoms with Crippen molar-refractivity contribution in [3.05, 3.63) is 34.5 Å². The molecule has 0 saturated heterocycles. The Kier molecular flexibility index (Phi) is 2.41. The molecule has 5 heteroatoms. The van der Waals surface area contributed by atoms with E-state index >= 15 is 0 Å². The number of thioether (sulfide) groups is 1. The molecule has 0 fully saturated rings. The molecule has 13 heavy (non-hydrogen) atoms. The number of nitrogens with zero attached hydrogens (tertiary/aromatic N) is 2. The molecule has 0 spiro atoms. The van der Waals surface area contributed by atoms with Crippen molar-refractivity contribution >= 4 is 39.5 Å². The van der Waals surface area contributed by atoms with Gasteiger partial charge in [-0.2, -0.15) is 5.26 Å². The molecule has 0 bridgehead atoms. The maximum atomic E-state index is 8.71. The summed E-state index contributed by atoms with van der Waals surface area (Å²) in [5.41, 5.74) is 1.53. The minimum atomic E-state index is 0.251. The van der Waals surface area contributed by atoms with Crippen molar-refractivity contribution in [3.8, 4) is 6.07 Å². The van der Waals surface area contributed by atoms with E-state index in [1.807, 2.05) is 12.2 Å². The summed E-state index contributed by atoms with van der Waals surface area (Å²) < 4.78 is 1.71. The van der Waals surface area contributed by atoms with Crippen LogP contribution in [-0.4, -0.2) is 8.58 Å². The molecule has 0 N–H and O–H groups in total. The lowest BCUT2D eigenvalue weighted by molar-refractivity contribution is 0.760. The molecule has 2 aliphatic rings. The van der Waals surface area contributed by atoms with E-state index in [2.05, 4.69) is 22.0 Å². The van der Waals surface area contributed by atoms with Gasteiger partial charge in [-0.05, 0) is 12.2 Å². The number of halogens is 2. The average Bonchev–Trinajstić information content (AvgIpc) is 2.46. The van der Waals surface area contributed by atoms with Crippen LogP contribution >= 0.6 is 39.5 Å². The molecule has 2 heterocycles. The molecule has 0 aromatic rings. The monoisotopic (exact) mass is 274 g/mol. The molecule has 2 nitrogen and oxygen atoms in total. The fourth-order valence-electron chi connectivity index (χ4n) is 1.14. The van der Waals surface area contributed by atoms with Gasteiger partial charge in [-0.1, -0.05) is 15.9 Å². The minimum Gasteiger partial charge on any atom is -0.259 e. The lowest BCUT2D eigenvalue weighted by atomic mass is 10.2. The number of rotatable bonds is 0. The van der Waals surface area contributed by atoms with E-state index in [-0.39, 0.29) is 4.16 Å². The third-order valence-electron chi connectivity index (χ3n) is 1.68. The second kappa shape index (κ2) is 3.41. The van der Waals surface area contributed by atoms with Gasteiger partial charge in [0.05, 0.1) is 15.4 Å². The topological polar surface area (TPSA) is 27.0 Å². The molecule has 0 amide bonds. The maximum absolute atomic E-state index is 8.71. The Morgan fingerprint density at radius 3 is 3.15 bits per heavy atom. The highest BCUT2D eigenvalue weighted by molar-refractivity contribution is 9.11. The van der Waals surface area contributed by atoms with Crippen LogP contribution in [0.4, 0.5) is 0 Å². The zero-order valence-electron chi connectivity index (χ0n) is 6.37. The normalized spacial score (nSPS) is 25.8. The van der Waals surface area contributed by atoms with Crippen molar-refractivity contribution < 1.29 is 0 Å². The second-order valence-corrected chi connectivity index (χ2v) is 5.68. The Balaban J connectivity index is 2.40. The van der Waals surface area contributed by atoms with E-state index < -0.39 is 0 Å². The number of hydrogen-bond donors (Lipinski definition) is 0. The highest BCUT2D eigenvalue weighted by Crippen LogP contribution is 2.44. The standard InChI is InChI=1S/C8H4BrClN2S/c9-8-2-6-7(13-8)1-5(3-11)4-12(6)10/h1-2,4,8H. The lowest BCUT2D eigenvalue weighted by Gasteiger charge is -2.17. The van der Waals surface area contributed by atoms with Gasteiger partial charge in [0.1, 0.15) is 6.07 Å². The highest BCUT2D eigenvalue weighted by atomic mass is 79.9. The Hall–Kier alpha value is -0.370. The third kappa shape index (κ3) is 1.64. The van der Waals surface area contributed by atoms with Crippen molar-refractivity contribution in [1.29, 1.82) is 5.26 Å². The molecule has 0 aliphatic carbocycles. The smallest absolute Gasteiger partial charge is 0.101 e. The summed E-state index contributed by atoms with van der Waals surface area (Å²) in [6.45, 7) is 0. The van der Waals surface area contributed by atoms with Gasteiger partial charge in [0, 0.05) is 22.9 Å². The van der Waals surface area contributed by atoms with Gasteiger partial charge < -0.3 is 0 Å². The van der Waals surface area contributed by atoms with Crippen LogP contribution < -0.4 is 0 Å². The number of hydrogen-bond acceptors (Lipinski definition) is 3. The highest BCUT2D eigenvalue weighted by Gasteiger charge is 2.25. The first-order valence-electron chi connectivity index (χ1n) is 3.52. The molecule has 0 radical (unpaired) electrons. The van der Waals surface area contributed by atoms with Crippen molar-refractivity contribution in [2.45, 2.75) is 4.16 Å². The number of allylic oxidation sites excluding steroid dienone is 2. The fourth-order valence-corrected chi connectivity index (χ4v) is 3.22. The van der Waals surface area contributed by atoms with E-state index in [4.69, 9.17) is 17.0 Å². The quantitative estimate of drug-likeness (QED) is 0.502. The molecule has 0 aromatic carbocycles. The lowest BCUT2D eigenvalue weighted by Crippen LogP contribution is -2.07. The summed E-state index contributed by atoms with van der Waals surface area (Å²) in [7, 11) is 0. The molecule has 1 atom stereocenters. The summed E-state index contributed by atoms with van der Waals surface area (Å²) in [5.74, 6) is 0. The molecule has 0 aromatic heterocycles. The molecular formula is C8H4BrClN2S. The van der Waals surface area contributed by atoms with Gasteiger partial charge in [-0.25, -0.2) is 0 Å². The third-order valence-corrected chi connectivity index (χ3v) is 3.73. The summed E-state index contributed by atoms with van der Waals surface area (Å²) in [6, 6.07) is 2.06. The zero-order chi connectivity index (χ0) is 9.42. The van der Waals surface area contributed by atoms with Crippen LogP contribution in [0.25, 0.3) is 0 Å². The van der Waals surface area contributed by atoms with Crippen LogP contribution in [0.15, 0.2) is 34.5 Å². The number of nitriles is 1. The van der Waals surface area contributed by atoms with E-state index in [0.29, 0.717) is 5.57 Å². The molecule has 66 valence electrons. The molecule has 2 rings (SSSR count). The molecule has 2 aliphatic heterocycles. The maximum Gasteiger partial charge on any atom is 0.101 e. The predicted octanol–water partition coefficient (Wildman–Crippen LogP) is 3.10. The van der Waals surface area contributed by atoms with Gasteiger partial charge in [-0.3, -0.25) is 4.42 Å². The SMILES string of the molecule is N#CC1=CN(Cl)C2=CC(Br)SC2=C1.